The Morgan fingerprint density at radius 2 is 2.05 bits per heavy atom. The van der Waals surface area contributed by atoms with Gasteiger partial charge in [0, 0.05) is 18.9 Å². The second-order valence-corrected chi connectivity index (χ2v) is 4.69. The monoisotopic (exact) mass is 276 g/mol. The SMILES string of the molecule is CCN(CC)CCC[n+]1ccn(C(=O)n2ccnc2)c1. The average molecular weight is 276 g/mol. The van der Waals surface area contributed by atoms with Gasteiger partial charge in [-0.1, -0.05) is 13.8 Å². The lowest BCUT2D eigenvalue weighted by atomic mass is 10.3. The number of nitrogens with zero attached hydrogens (tertiary/aromatic N) is 5. The van der Waals surface area contributed by atoms with Gasteiger partial charge in [0.1, 0.15) is 18.7 Å². The number of hydrogen-bond donors (Lipinski definition) is 0. The number of carbonyl (C=O) groups is 1. The van der Waals surface area contributed by atoms with Crippen LogP contribution in [0.2, 0.25) is 0 Å². The lowest BCUT2D eigenvalue weighted by molar-refractivity contribution is -0.696. The van der Waals surface area contributed by atoms with Crippen LogP contribution in [-0.2, 0) is 6.54 Å². The number of hydrogen-bond acceptors (Lipinski definition) is 3. The molecule has 2 aromatic heterocycles. The summed E-state index contributed by atoms with van der Waals surface area (Å²) in [6.45, 7) is 8.53. The molecule has 0 fully saturated rings. The van der Waals surface area contributed by atoms with E-state index in [2.05, 4.69) is 23.7 Å². The van der Waals surface area contributed by atoms with Crippen molar-refractivity contribution in [1.82, 2.24) is 19.0 Å². The van der Waals surface area contributed by atoms with Crippen molar-refractivity contribution in [2.75, 3.05) is 19.6 Å². The standard InChI is InChI=1S/C14H22N5O/c1-3-16(4-2)7-5-8-17-10-11-19(13-17)14(20)18-9-6-15-12-18/h6,9-13H,3-5,7-8H2,1-2H3/q+1. The van der Waals surface area contributed by atoms with Crippen molar-refractivity contribution in [2.24, 2.45) is 0 Å². The number of aryl methyl sites for hydroxylation is 1. The largest absolute Gasteiger partial charge is 0.425 e. The molecule has 0 aliphatic heterocycles. The highest BCUT2D eigenvalue weighted by Gasteiger charge is 2.14. The van der Waals surface area contributed by atoms with Crippen LogP contribution in [0.3, 0.4) is 0 Å². The van der Waals surface area contributed by atoms with E-state index >= 15 is 0 Å². The normalized spacial score (nSPS) is 11.2. The zero-order chi connectivity index (χ0) is 14.4. The van der Waals surface area contributed by atoms with Crippen molar-refractivity contribution in [2.45, 2.75) is 26.8 Å². The summed E-state index contributed by atoms with van der Waals surface area (Å²) >= 11 is 0. The average Bonchev–Trinajstić information content (AvgIpc) is 3.14. The van der Waals surface area contributed by atoms with Gasteiger partial charge >= 0.3 is 6.03 Å². The van der Waals surface area contributed by atoms with Crippen LogP contribution < -0.4 is 4.57 Å². The molecule has 0 aliphatic carbocycles. The highest BCUT2D eigenvalue weighted by atomic mass is 16.2. The van der Waals surface area contributed by atoms with Gasteiger partial charge in [0.05, 0.1) is 6.54 Å². The van der Waals surface area contributed by atoms with Gasteiger partial charge in [0.15, 0.2) is 0 Å². The molecule has 2 rings (SSSR count). The van der Waals surface area contributed by atoms with E-state index in [0.717, 1.165) is 32.6 Å². The van der Waals surface area contributed by atoms with Gasteiger partial charge in [0.25, 0.3) is 6.33 Å². The van der Waals surface area contributed by atoms with Gasteiger partial charge in [-0.2, -0.15) is 4.57 Å². The minimum Gasteiger partial charge on any atom is -0.304 e. The summed E-state index contributed by atoms with van der Waals surface area (Å²) in [5.74, 6) is 0. The quantitative estimate of drug-likeness (QED) is 0.745. The Kier molecular flexibility index (Phi) is 5.06. The predicted octanol–water partition coefficient (Wildman–Crippen LogP) is 1.22. The van der Waals surface area contributed by atoms with Crippen molar-refractivity contribution in [3.8, 4) is 0 Å². The van der Waals surface area contributed by atoms with Crippen molar-refractivity contribution in [3.63, 3.8) is 0 Å². The smallest absolute Gasteiger partial charge is 0.304 e. The molecule has 108 valence electrons. The number of imidazole rings is 2. The first kappa shape index (κ1) is 14.5. The summed E-state index contributed by atoms with van der Waals surface area (Å²) in [4.78, 5) is 18.3. The topological polar surface area (TPSA) is 46.9 Å². The third-order valence-electron chi connectivity index (χ3n) is 3.42. The molecule has 0 radical (unpaired) electrons. The van der Waals surface area contributed by atoms with Crippen LogP contribution in [-0.4, -0.2) is 44.7 Å². The van der Waals surface area contributed by atoms with Gasteiger partial charge in [-0.3, -0.25) is 0 Å². The van der Waals surface area contributed by atoms with Crippen LogP contribution in [0.25, 0.3) is 0 Å². The minimum absolute atomic E-state index is 0.120. The molecule has 0 aromatic carbocycles. The molecular formula is C14H22N5O+. The number of rotatable bonds is 6. The molecule has 0 amide bonds. The molecular weight excluding hydrogens is 254 g/mol. The fourth-order valence-corrected chi connectivity index (χ4v) is 2.16. The third-order valence-corrected chi connectivity index (χ3v) is 3.42. The first-order valence-corrected chi connectivity index (χ1v) is 7.06. The molecule has 0 spiro atoms. The molecule has 20 heavy (non-hydrogen) atoms. The second-order valence-electron chi connectivity index (χ2n) is 4.69. The highest BCUT2D eigenvalue weighted by molar-refractivity contribution is 5.78. The Labute approximate surface area is 119 Å². The van der Waals surface area contributed by atoms with Crippen LogP contribution in [0.15, 0.2) is 37.4 Å². The molecule has 0 atom stereocenters. The Balaban J connectivity index is 1.88. The summed E-state index contributed by atoms with van der Waals surface area (Å²) in [5.41, 5.74) is 0. The van der Waals surface area contributed by atoms with Crippen LogP contribution >= 0.6 is 0 Å². The molecule has 2 heterocycles. The van der Waals surface area contributed by atoms with Crippen LogP contribution in [0.4, 0.5) is 4.79 Å². The molecule has 0 aliphatic rings. The van der Waals surface area contributed by atoms with E-state index in [-0.39, 0.29) is 6.03 Å². The third kappa shape index (κ3) is 3.54. The second kappa shape index (κ2) is 7.00. The Morgan fingerprint density at radius 1 is 1.25 bits per heavy atom. The zero-order valence-electron chi connectivity index (χ0n) is 12.1. The van der Waals surface area contributed by atoms with Crippen LogP contribution in [0.5, 0.6) is 0 Å². The van der Waals surface area contributed by atoms with Gasteiger partial charge in [-0.05, 0) is 19.5 Å². The zero-order valence-corrected chi connectivity index (χ0v) is 12.1. The Hall–Kier alpha value is -1.95. The van der Waals surface area contributed by atoms with Crippen LogP contribution in [0, 0.1) is 0 Å². The van der Waals surface area contributed by atoms with E-state index in [9.17, 15) is 4.79 Å². The summed E-state index contributed by atoms with van der Waals surface area (Å²) in [7, 11) is 0. The van der Waals surface area contributed by atoms with Crippen LogP contribution in [0.1, 0.15) is 20.3 Å². The summed E-state index contributed by atoms with van der Waals surface area (Å²) in [6, 6.07) is -0.120. The van der Waals surface area contributed by atoms with E-state index in [0.29, 0.717) is 0 Å². The van der Waals surface area contributed by atoms with E-state index < -0.39 is 0 Å². The Bertz CT molecular complexity index is 528. The summed E-state index contributed by atoms with van der Waals surface area (Å²) in [6.07, 6.45) is 11.4. The van der Waals surface area contributed by atoms with Crippen molar-refractivity contribution < 1.29 is 9.36 Å². The first-order chi connectivity index (χ1) is 9.74. The van der Waals surface area contributed by atoms with Crippen molar-refractivity contribution in [1.29, 1.82) is 0 Å². The molecule has 6 heteroatoms. The number of aromatic nitrogens is 4. The Morgan fingerprint density at radius 3 is 2.70 bits per heavy atom. The molecule has 2 aromatic rings. The summed E-state index contributed by atoms with van der Waals surface area (Å²) < 4.78 is 5.07. The molecule has 0 saturated heterocycles. The minimum atomic E-state index is -0.120. The van der Waals surface area contributed by atoms with E-state index in [1.165, 1.54) is 10.9 Å². The van der Waals surface area contributed by atoms with Gasteiger partial charge < -0.3 is 4.90 Å². The van der Waals surface area contributed by atoms with Gasteiger partial charge in [-0.15, -0.1) is 0 Å². The molecule has 0 unspecified atom stereocenters. The fraction of sp³-hybridized carbons (Fsp3) is 0.500. The van der Waals surface area contributed by atoms with Crippen molar-refractivity contribution >= 4 is 6.03 Å². The summed E-state index contributed by atoms with van der Waals surface area (Å²) in [5, 5.41) is 0. The van der Waals surface area contributed by atoms with E-state index in [1.807, 2.05) is 17.1 Å². The van der Waals surface area contributed by atoms with E-state index in [4.69, 9.17) is 0 Å². The van der Waals surface area contributed by atoms with E-state index in [1.54, 1.807) is 23.2 Å². The number of carbonyl (C=O) groups excluding carboxylic acids is 1. The molecule has 0 saturated carbocycles. The van der Waals surface area contributed by atoms with Gasteiger partial charge in [-0.25, -0.2) is 18.9 Å². The lowest BCUT2D eigenvalue weighted by Gasteiger charge is -2.16. The highest BCUT2D eigenvalue weighted by Crippen LogP contribution is 1.94. The first-order valence-electron chi connectivity index (χ1n) is 7.06. The predicted molar refractivity (Wildman–Crippen MR) is 75.5 cm³/mol. The van der Waals surface area contributed by atoms with Gasteiger partial charge in [0.2, 0.25) is 0 Å². The maximum absolute atomic E-state index is 12.1. The maximum Gasteiger partial charge on any atom is 0.425 e. The molecule has 6 nitrogen and oxygen atoms in total. The lowest BCUT2D eigenvalue weighted by Crippen LogP contribution is -2.34. The molecule has 0 bridgehead atoms. The molecule has 0 N–H and O–H groups in total. The fourth-order valence-electron chi connectivity index (χ4n) is 2.16. The maximum atomic E-state index is 12.1. The van der Waals surface area contributed by atoms with Crippen molar-refractivity contribution in [3.05, 3.63) is 37.4 Å².